The number of β-amino-alcohol motifs (C(OH)–C–C–N with tert-alkyl or cyclic N) is 1. The van der Waals surface area contributed by atoms with Crippen molar-refractivity contribution in [2.75, 3.05) is 37.4 Å². The van der Waals surface area contributed by atoms with E-state index >= 15 is 0 Å². The number of hydrogen-bond acceptors (Lipinski definition) is 6. The zero-order valence-corrected chi connectivity index (χ0v) is 13.6. The van der Waals surface area contributed by atoms with Crippen LogP contribution >= 0.6 is 0 Å². The second-order valence-electron chi connectivity index (χ2n) is 5.56. The Balaban J connectivity index is 1.94. The molecular formula is C16H18N4O5. The average Bonchev–Trinajstić information content (AvgIpc) is 2.91. The first-order chi connectivity index (χ1) is 12.0. The number of nitrogens with one attached hydrogen (secondary N) is 3. The highest BCUT2D eigenvalue weighted by Gasteiger charge is 2.35. The molecule has 2 heterocycles. The van der Waals surface area contributed by atoms with Gasteiger partial charge in [-0.1, -0.05) is 6.07 Å². The molecule has 0 bridgehead atoms. The van der Waals surface area contributed by atoms with Crippen LogP contribution in [0.2, 0.25) is 0 Å². The van der Waals surface area contributed by atoms with Crippen LogP contribution in [0.3, 0.4) is 0 Å². The van der Waals surface area contributed by atoms with Gasteiger partial charge in [-0.2, -0.15) is 0 Å². The van der Waals surface area contributed by atoms with E-state index in [2.05, 4.69) is 16.0 Å². The number of anilines is 2. The van der Waals surface area contributed by atoms with Gasteiger partial charge in [0, 0.05) is 30.0 Å². The number of fused-ring (bicyclic) bond motifs is 1. The summed E-state index contributed by atoms with van der Waals surface area (Å²) in [5.41, 5.74) is 2.32. The first-order valence-electron chi connectivity index (χ1n) is 7.70. The number of ether oxygens (including phenoxy) is 1. The van der Waals surface area contributed by atoms with E-state index in [1.807, 2.05) is 0 Å². The lowest BCUT2D eigenvalue weighted by atomic mass is 10.1. The third kappa shape index (κ3) is 3.13. The van der Waals surface area contributed by atoms with Crippen LogP contribution in [-0.4, -0.2) is 54.7 Å². The molecule has 0 radical (unpaired) electrons. The van der Waals surface area contributed by atoms with Gasteiger partial charge in [0.25, 0.3) is 5.91 Å². The topological polar surface area (TPSA) is 120 Å². The summed E-state index contributed by atoms with van der Waals surface area (Å²) < 4.78 is 4.76. The third-order valence-corrected chi connectivity index (χ3v) is 4.06. The van der Waals surface area contributed by atoms with E-state index in [9.17, 15) is 14.4 Å². The standard InChI is InChI=1S/C16H18N4O5/c1-25-15(23)10-8-20(5-6-21)14(22)13(10)18-11-3-2-4-12-9(11)7-17-16(24)19-12/h2-4,18,21H,5-8H2,1H3,(H2,17,19,24). The van der Waals surface area contributed by atoms with Crippen molar-refractivity contribution in [1.29, 1.82) is 0 Å². The summed E-state index contributed by atoms with van der Waals surface area (Å²) in [7, 11) is 1.25. The Morgan fingerprint density at radius 2 is 2.20 bits per heavy atom. The minimum Gasteiger partial charge on any atom is -0.466 e. The van der Waals surface area contributed by atoms with Gasteiger partial charge in [0.1, 0.15) is 5.70 Å². The van der Waals surface area contributed by atoms with E-state index in [0.717, 1.165) is 5.56 Å². The number of carbonyl (C=O) groups excluding carboxylic acids is 3. The van der Waals surface area contributed by atoms with Gasteiger partial charge in [-0.3, -0.25) is 4.79 Å². The summed E-state index contributed by atoms with van der Waals surface area (Å²) in [6.07, 6.45) is 0. The number of amides is 3. The first kappa shape index (κ1) is 16.8. The lowest BCUT2D eigenvalue weighted by Gasteiger charge is -2.22. The van der Waals surface area contributed by atoms with Crippen molar-refractivity contribution in [3.63, 3.8) is 0 Å². The van der Waals surface area contributed by atoms with E-state index in [0.29, 0.717) is 17.9 Å². The zero-order valence-electron chi connectivity index (χ0n) is 13.6. The Morgan fingerprint density at radius 3 is 2.92 bits per heavy atom. The average molecular weight is 346 g/mol. The molecule has 0 aliphatic carbocycles. The van der Waals surface area contributed by atoms with Crippen LogP contribution in [0.15, 0.2) is 29.5 Å². The fraction of sp³-hybridized carbons (Fsp3) is 0.312. The number of esters is 1. The minimum absolute atomic E-state index is 0.0679. The molecule has 0 saturated heterocycles. The van der Waals surface area contributed by atoms with E-state index in [-0.39, 0.29) is 42.9 Å². The Kier molecular flexibility index (Phi) is 4.57. The fourth-order valence-corrected chi connectivity index (χ4v) is 2.83. The van der Waals surface area contributed by atoms with Crippen LogP contribution in [0.5, 0.6) is 0 Å². The van der Waals surface area contributed by atoms with Crippen molar-refractivity contribution in [2.45, 2.75) is 6.54 Å². The maximum absolute atomic E-state index is 12.6. The number of hydrogen-bond donors (Lipinski definition) is 4. The number of aliphatic hydroxyl groups is 1. The molecule has 0 spiro atoms. The number of methoxy groups -OCH3 is 1. The molecular weight excluding hydrogens is 328 g/mol. The van der Waals surface area contributed by atoms with Crippen molar-refractivity contribution >= 4 is 29.3 Å². The molecule has 9 nitrogen and oxygen atoms in total. The number of nitrogens with zero attached hydrogens (tertiary/aromatic N) is 1. The fourth-order valence-electron chi connectivity index (χ4n) is 2.83. The Bertz CT molecular complexity index is 774. The summed E-state index contributed by atoms with van der Waals surface area (Å²) >= 11 is 0. The van der Waals surface area contributed by atoms with Gasteiger partial charge in [-0.15, -0.1) is 0 Å². The van der Waals surface area contributed by atoms with Crippen molar-refractivity contribution in [3.05, 3.63) is 35.0 Å². The highest BCUT2D eigenvalue weighted by Crippen LogP contribution is 2.30. The van der Waals surface area contributed by atoms with Gasteiger partial charge in [0.15, 0.2) is 0 Å². The number of urea groups is 1. The van der Waals surface area contributed by atoms with Gasteiger partial charge in [0.05, 0.1) is 25.8 Å². The molecule has 9 heteroatoms. The lowest BCUT2D eigenvalue weighted by molar-refractivity contribution is -0.136. The summed E-state index contributed by atoms with van der Waals surface area (Å²) in [6.45, 7) is 0.275. The second-order valence-corrected chi connectivity index (χ2v) is 5.56. The molecule has 0 unspecified atom stereocenters. The molecule has 25 heavy (non-hydrogen) atoms. The van der Waals surface area contributed by atoms with Gasteiger partial charge < -0.3 is 30.7 Å². The quantitative estimate of drug-likeness (QED) is 0.557. The number of benzene rings is 1. The molecule has 3 rings (SSSR count). The maximum atomic E-state index is 12.6. The SMILES string of the molecule is COC(=O)C1=C(Nc2cccc3c2CNC(=O)N3)C(=O)N(CCO)C1. The normalized spacial score (nSPS) is 16.3. The molecule has 0 aromatic heterocycles. The number of aliphatic hydroxyl groups excluding tert-OH is 1. The molecule has 2 aliphatic heterocycles. The van der Waals surface area contributed by atoms with Crippen LogP contribution in [-0.2, 0) is 20.9 Å². The maximum Gasteiger partial charge on any atom is 0.337 e. The van der Waals surface area contributed by atoms with Crippen LogP contribution < -0.4 is 16.0 Å². The zero-order chi connectivity index (χ0) is 18.0. The molecule has 0 fully saturated rings. The van der Waals surface area contributed by atoms with Gasteiger partial charge in [-0.25, -0.2) is 9.59 Å². The smallest absolute Gasteiger partial charge is 0.337 e. The molecule has 1 aromatic rings. The molecule has 132 valence electrons. The Labute approximate surface area is 143 Å². The van der Waals surface area contributed by atoms with E-state index in [4.69, 9.17) is 9.84 Å². The summed E-state index contributed by atoms with van der Waals surface area (Å²) in [5.74, 6) is -0.993. The highest BCUT2D eigenvalue weighted by atomic mass is 16.5. The van der Waals surface area contributed by atoms with Crippen LogP contribution in [0.1, 0.15) is 5.56 Å². The highest BCUT2D eigenvalue weighted by molar-refractivity contribution is 6.09. The first-order valence-corrected chi connectivity index (χ1v) is 7.70. The van der Waals surface area contributed by atoms with Crippen LogP contribution in [0, 0.1) is 0 Å². The summed E-state index contributed by atoms with van der Waals surface area (Å²) in [6, 6.07) is 4.94. The predicted octanol–water partition coefficient (Wildman–Crippen LogP) is -0.00480. The molecule has 4 N–H and O–H groups in total. The lowest BCUT2D eigenvalue weighted by Crippen LogP contribution is -2.34. The summed E-state index contributed by atoms with van der Waals surface area (Å²) in [4.78, 5) is 37.4. The Hall–Kier alpha value is -3.07. The van der Waals surface area contributed by atoms with Gasteiger partial charge in [-0.05, 0) is 12.1 Å². The van der Waals surface area contributed by atoms with Crippen molar-refractivity contribution in [2.24, 2.45) is 0 Å². The third-order valence-electron chi connectivity index (χ3n) is 4.06. The van der Waals surface area contributed by atoms with Crippen molar-refractivity contribution < 1.29 is 24.2 Å². The van der Waals surface area contributed by atoms with Gasteiger partial charge >= 0.3 is 12.0 Å². The number of carbonyl (C=O) groups is 3. The molecule has 0 saturated carbocycles. The minimum atomic E-state index is -0.604. The van der Waals surface area contributed by atoms with Crippen molar-refractivity contribution in [1.82, 2.24) is 10.2 Å². The van der Waals surface area contributed by atoms with E-state index in [1.165, 1.54) is 12.0 Å². The Morgan fingerprint density at radius 1 is 1.40 bits per heavy atom. The molecule has 1 aromatic carbocycles. The van der Waals surface area contributed by atoms with Crippen LogP contribution in [0.25, 0.3) is 0 Å². The van der Waals surface area contributed by atoms with E-state index < -0.39 is 5.97 Å². The van der Waals surface area contributed by atoms with Crippen molar-refractivity contribution in [3.8, 4) is 0 Å². The summed E-state index contributed by atoms with van der Waals surface area (Å²) in [5, 5.41) is 17.4. The largest absolute Gasteiger partial charge is 0.466 e. The predicted molar refractivity (Wildman–Crippen MR) is 88.6 cm³/mol. The second kappa shape index (κ2) is 6.81. The van der Waals surface area contributed by atoms with Crippen LogP contribution in [0.4, 0.5) is 16.2 Å². The monoisotopic (exact) mass is 346 g/mol. The molecule has 2 aliphatic rings. The van der Waals surface area contributed by atoms with Gasteiger partial charge in [0.2, 0.25) is 0 Å². The molecule has 3 amide bonds. The molecule has 0 atom stereocenters. The van der Waals surface area contributed by atoms with E-state index in [1.54, 1.807) is 18.2 Å². The number of rotatable bonds is 5.